The molecule has 0 aliphatic heterocycles. The molecule has 1 rings (SSSR count). The van der Waals surface area contributed by atoms with Gasteiger partial charge in [0.2, 0.25) is 0 Å². The summed E-state index contributed by atoms with van der Waals surface area (Å²) in [6.45, 7) is -0.264. The Morgan fingerprint density at radius 2 is 1.77 bits per heavy atom. The molecule has 0 spiro atoms. The SMILES string of the molecule is NCC(CC1CCCC1)C(F)(F)F. The van der Waals surface area contributed by atoms with Crippen LogP contribution in [0.15, 0.2) is 0 Å². The van der Waals surface area contributed by atoms with Crippen LogP contribution in [0.4, 0.5) is 13.2 Å². The van der Waals surface area contributed by atoms with Gasteiger partial charge in [-0.25, -0.2) is 0 Å². The van der Waals surface area contributed by atoms with E-state index in [2.05, 4.69) is 0 Å². The molecule has 1 atom stereocenters. The first-order valence-electron chi connectivity index (χ1n) is 4.81. The van der Waals surface area contributed by atoms with Crippen LogP contribution in [-0.4, -0.2) is 12.7 Å². The van der Waals surface area contributed by atoms with Crippen molar-refractivity contribution in [1.29, 1.82) is 0 Å². The molecule has 0 aromatic carbocycles. The summed E-state index contributed by atoms with van der Waals surface area (Å²) in [5.41, 5.74) is 5.12. The molecule has 1 saturated carbocycles. The van der Waals surface area contributed by atoms with Crippen LogP contribution in [0, 0.1) is 11.8 Å². The van der Waals surface area contributed by atoms with Crippen molar-refractivity contribution in [2.75, 3.05) is 6.54 Å². The first-order chi connectivity index (χ1) is 6.04. The van der Waals surface area contributed by atoms with Gasteiger partial charge in [0.25, 0.3) is 0 Å². The van der Waals surface area contributed by atoms with Gasteiger partial charge in [-0.3, -0.25) is 0 Å². The van der Waals surface area contributed by atoms with Crippen molar-refractivity contribution in [2.24, 2.45) is 17.6 Å². The van der Waals surface area contributed by atoms with Gasteiger partial charge in [-0.05, 0) is 12.3 Å². The van der Waals surface area contributed by atoms with Gasteiger partial charge in [0.1, 0.15) is 0 Å². The van der Waals surface area contributed by atoms with Crippen molar-refractivity contribution in [3.63, 3.8) is 0 Å². The Morgan fingerprint density at radius 1 is 1.23 bits per heavy atom. The van der Waals surface area contributed by atoms with Crippen molar-refractivity contribution in [1.82, 2.24) is 0 Å². The minimum atomic E-state index is -4.10. The highest BCUT2D eigenvalue weighted by Crippen LogP contribution is 2.36. The molecule has 1 aliphatic carbocycles. The van der Waals surface area contributed by atoms with E-state index in [0.717, 1.165) is 25.7 Å². The molecule has 4 heteroatoms. The molecule has 1 fully saturated rings. The van der Waals surface area contributed by atoms with E-state index in [9.17, 15) is 13.2 Å². The molecule has 2 N–H and O–H groups in total. The number of nitrogens with two attached hydrogens (primary N) is 1. The van der Waals surface area contributed by atoms with Crippen molar-refractivity contribution in [3.8, 4) is 0 Å². The molecule has 1 aliphatic rings. The summed E-state index contributed by atoms with van der Waals surface area (Å²) in [5.74, 6) is -1.02. The molecule has 1 nitrogen and oxygen atoms in total. The van der Waals surface area contributed by atoms with E-state index in [1.54, 1.807) is 0 Å². The highest BCUT2D eigenvalue weighted by atomic mass is 19.4. The summed E-state index contributed by atoms with van der Waals surface area (Å²) in [4.78, 5) is 0. The van der Waals surface area contributed by atoms with Crippen LogP contribution in [0.2, 0.25) is 0 Å². The highest BCUT2D eigenvalue weighted by Gasteiger charge is 2.39. The smallest absolute Gasteiger partial charge is 0.330 e. The molecule has 0 aromatic heterocycles. The second-order valence-electron chi connectivity index (χ2n) is 3.86. The van der Waals surface area contributed by atoms with Gasteiger partial charge in [-0.1, -0.05) is 25.7 Å². The van der Waals surface area contributed by atoms with Gasteiger partial charge >= 0.3 is 6.18 Å². The van der Waals surface area contributed by atoms with Gasteiger partial charge in [0.05, 0.1) is 5.92 Å². The molecule has 0 saturated heterocycles. The Bertz CT molecular complexity index is 149. The van der Waals surface area contributed by atoms with Gasteiger partial charge in [0.15, 0.2) is 0 Å². The third kappa shape index (κ3) is 3.18. The van der Waals surface area contributed by atoms with E-state index >= 15 is 0 Å². The normalized spacial score (nSPS) is 22.2. The minimum Gasteiger partial charge on any atom is -0.330 e. The maximum Gasteiger partial charge on any atom is 0.393 e. The van der Waals surface area contributed by atoms with Crippen LogP contribution < -0.4 is 5.73 Å². The fourth-order valence-electron chi connectivity index (χ4n) is 2.01. The second-order valence-corrected chi connectivity index (χ2v) is 3.86. The van der Waals surface area contributed by atoms with Crippen molar-refractivity contribution < 1.29 is 13.2 Å². The summed E-state index contributed by atoms with van der Waals surface area (Å²) >= 11 is 0. The van der Waals surface area contributed by atoms with Crippen LogP contribution in [-0.2, 0) is 0 Å². The lowest BCUT2D eigenvalue weighted by atomic mass is 9.93. The Morgan fingerprint density at radius 3 is 2.15 bits per heavy atom. The number of hydrogen-bond donors (Lipinski definition) is 1. The average molecular weight is 195 g/mol. The van der Waals surface area contributed by atoms with Crippen molar-refractivity contribution in [3.05, 3.63) is 0 Å². The summed E-state index contributed by atoms with van der Waals surface area (Å²) in [5, 5.41) is 0. The van der Waals surface area contributed by atoms with Crippen LogP contribution in [0.25, 0.3) is 0 Å². The van der Waals surface area contributed by atoms with Crippen LogP contribution >= 0.6 is 0 Å². The Labute approximate surface area is 76.5 Å². The van der Waals surface area contributed by atoms with E-state index in [0.29, 0.717) is 0 Å². The van der Waals surface area contributed by atoms with E-state index in [4.69, 9.17) is 5.73 Å². The van der Waals surface area contributed by atoms with Crippen LogP contribution in [0.1, 0.15) is 32.1 Å². The summed E-state index contributed by atoms with van der Waals surface area (Å²) in [7, 11) is 0. The monoisotopic (exact) mass is 195 g/mol. The predicted octanol–water partition coefficient (Wildman–Crippen LogP) is 2.70. The molecular formula is C9H16F3N. The lowest BCUT2D eigenvalue weighted by Gasteiger charge is -2.21. The van der Waals surface area contributed by atoms with Crippen molar-refractivity contribution >= 4 is 0 Å². The van der Waals surface area contributed by atoms with E-state index in [-0.39, 0.29) is 18.9 Å². The van der Waals surface area contributed by atoms with E-state index in [1.807, 2.05) is 0 Å². The molecule has 78 valence electrons. The number of rotatable bonds is 3. The molecule has 0 aromatic rings. The lowest BCUT2D eigenvalue weighted by Crippen LogP contribution is -2.31. The quantitative estimate of drug-likeness (QED) is 0.736. The zero-order valence-electron chi connectivity index (χ0n) is 7.61. The second kappa shape index (κ2) is 4.31. The maximum atomic E-state index is 12.3. The fraction of sp³-hybridized carbons (Fsp3) is 1.00. The standard InChI is InChI=1S/C9H16F3N/c10-9(11,12)8(6-13)5-7-3-1-2-4-7/h7-8H,1-6,13H2. The Balaban J connectivity index is 2.39. The summed E-state index contributed by atoms with van der Waals surface area (Å²) < 4.78 is 36.9. The van der Waals surface area contributed by atoms with Gasteiger partial charge in [0, 0.05) is 6.54 Å². The number of alkyl halides is 3. The number of hydrogen-bond acceptors (Lipinski definition) is 1. The Kier molecular flexibility index (Phi) is 3.59. The topological polar surface area (TPSA) is 26.0 Å². The fourth-order valence-corrected chi connectivity index (χ4v) is 2.01. The third-order valence-electron chi connectivity index (χ3n) is 2.84. The largest absolute Gasteiger partial charge is 0.393 e. The molecule has 13 heavy (non-hydrogen) atoms. The van der Waals surface area contributed by atoms with Crippen LogP contribution in [0.3, 0.4) is 0 Å². The van der Waals surface area contributed by atoms with E-state index < -0.39 is 12.1 Å². The van der Waals surface area contributed by atoms with Gasteiger partial charge < -0.3 is 5.73 Å². The predicted molar refractivity (Wildman–Crippen MR) is 45.2 cm³/mol. The maximum absolute atomic E-state index is 12.3. The molecule has 0 radical (unpaired) electrons. The zero-order valence-corrected chi connectivity index (χ0v) is 7.61. The first-order valence-corrected chi connectivity index (χ1v) is 4.81. The molecule has 0 bridgehead atoms. The molecule has 0 amide bonds. The highest BCUT2D eigenvalue weighted by molar-refractivity contribution is 4.76. The molecule has 1 unspecified atom stereocenters. The van der Waals surface area contributed by atoms with Crippen molar-refractivity contribution in [2.45, 2.75) is 38.3 Å². The first kappa shape index (κ1) is 10.8. The third-order valence-corrected chi connectivity index (χ3v) is 2.84. The summed E-state index contributed by atoms with van der Waals surface area (Å²) in [6, 6.07) is 0. The zero-order chi connectivity index (χ0) is 9.90. The molecular weight excluding hydrogens is 179 g/mol. The molecule has 0 heterocycles. The van der Waals surface area contributed by atoms with Gasteiger partial charge in [-0.2, -0.15) is 13.2 Å². The average Bonchev–Trinajstić information content (AvgIpc) is 2.49. The van der Waals surface area contributed by atoms with Gasteiger partial charge in [-0.15, -0.1) is 0 Å². The van der Waals surface area contributed by atoms with Crippen LogP contribution in [0.5, 0.6) is 0 Å². The number of halogens is 3. The Hall–Kier alpha value is -0.250. The van der Waals surface area contributed by atoms with E-state index in [1.165, 1.54) is 0 Å². The summed E-state index contributed by atoms with van der Waals surface area (Å²) in [6.07, 6.45) is 0.204. The minimum absolute atomic E-state index is 0.236. The lowest BCUT2D eigenvalue weighted by molar-refractivity contribution is -0.176.